The van der Waals surface area contributed by atoms with Crippen LogP contribution in [0.25, 0.3) is 0 Å². The van der Waals surface area contributed by atoms with Gasteiger partial charge in [0.1, 0.15) is 0 Å². The second-order valence-corrected chi connectivity index (χ2v) is 5.40. The van der Waals surface area contributed by atoms with Gasteiger partial charge in [-0.25, -0.2) is 0 Å². The first-order chi connectivity index (χ1) is 10.7. The minimum Gasteiger partial charge on any atom is -0.314 e. The second kappa shape index (κ2) is 8.01. The highest BCUT2D eigenvalue weighted by Crippen LogP contribution is 2.24. The molecular formula is C16H19ClN4O2. The zero-order valence-electron chi connectivity index (χ0n) is 12.6. The van der Waals surface area contributed by atoms with Crippen molar-refractivity contribution in [3.63, 3.8) is 0 Å². The molecule has 1 saturated heterocycles. The molecule has 2 aromatic rings. The molecule has 1 fully saturated rings. The number of nitrogens with one attached hydrogen (secondary N) is 1. The fourth-order valence-corrected chi connectivity index (χ4v) is 2.79. The van der Waals surface area contributed by atoms with Crippen LogP contribution in [0.15, 0.2) is 48.8 Å². The Morgan fingerprint density at radius 2 is 2.09 bits per heavy atom. The second-order valence-electron chi connectivity index (χ2n) is 5.40. The van der Waals surface area contributed by atoms with Crippen LogP contribution in [0, 0.1) is 10.1 Å². The Morgan fingerprint density at radius 1 is 1.30 bits per heavy atom. The van der Waals surface area contributed by atoms with Gasteiger partial charge >= 0.3 is 0 Å². The number of piperazine rings is 1. The number of hydrogen-bond acceptors (Lipinski definition) is 5. The van der Waals surface area contributed by atoms with Gasteiger partial charge in [-0.15, -0.1) is 12.4 Å². The monoisotopic (exact) mass is 334 g/mol. The van der Waals surface area contributed by atoms with Crippen molar-refractivity contribution in [3.05, 3.63) is 70.0 Å². The van der Waals surface area contributed by atoms with Crippen LogP contribution in [0.2, 0.25) is 0 Å². The molecule has 1 aromatic heterocycles. The Bertz CT molecular complexity index is 636. The maximum absolute atomic E-state index is 10.7. The van der Waals surface area contributed by atoms with E-state index >= 15 is 0 Å². The number of benzene rings is 1. The lowest BCUT2D eigenvalue weighted by molar-refractivity contribution is -0.384. The van der Waals surface area contributed by atoms with Gasteiger partial charge in [0.05, 0.1) is 4.92 Å². The van der Waals surface area contributed by atoms with Crippen LogP contribution >= 0.6 is 12.4 Å². The summed E-state index contributed by atoms with van der Waals surface area (Å²) in [5.74, 6) is 0. The molecule has 122 valence electrons. The Kier molecular flexibility index (Phi) is 6.04. The summed E-state index contributed by atoms with van der Waals surface area (Å²) in [5, 5.41) is 14.1. The Morgan fingerprint density at radius 3 is 2.74 bits per heavy atom. The summed E-state index contributed by atoms with van der Waals surface area (Å²) in [6, 6.07) is 11.1. The van der Waals surface area contributed by atoms with Gasteiger partial charge in [0.2, 0.25) is 0 Å². The van der Waals surface area contributed by atoms with E-state index in [1.807, 2.05) is 24.4 Å². The van der Waals surface area contributed by atoms with Crippen LogP contribution in [-0.2, 0) is 6.54 Å². The average Bonchev–Trinajstić information content (AvgIpc) is 2.57. The molecule has 0 saturated carbocycles. The van der Waals surface area contributed by atoms with E-state index in [0.717, 1.165) is 31.7 Å². The normalized spacial score (nSPS) is 18.2. The number of rotatable bonds is 4. The van der Waals surface area contributed by atoms with Crippen molar-refractivity contribution < 1.29 is 4.92 Å². The summed E-state index contributed by atoms with van der Waals surface area (Å²) >= 11 is 0. The molecule has 7 heteroatoms. The third-order valence-corrected chi connectivity index (χ3v) is 3.96. The molecule has 1 aliphatic rings. The van der Waals surface area contributed by atoms with Crippen molar-refractivity contribution in [1.29, 1.82) is 0 Å². The topological polar surface area (TPSA) is 71.3 Å². The van der Waals surface area contributed by atoms with E-state index in [0.29, 0.717) is 0 Å². The van der Waals surface area contributed by atoms with Crippen molar-refractivity contribution in [1.82, 2.24) is 15.2 Å². The largest absolute Gasteiger partial charge is 0.314 e. The Labute approximate surface area is 141 Å². The SMILES string of the molecule is Cl.O=[N+]([O-])c1ccc(CN2CCNCC2c2cccnc2)cc1. The maximum Gasteiger partial charge on any atom is 0.269 e. The lowest BCUT2D eigenvalue weighted by Crippen LogP contribution is -2.45. The number of nitro groups is 1. The van der Waals surface area contributed by atoms with Crippen molar-refractivity contribution in [2.75, 3.05) is 19.6 Å². The van der Waals surface area contributed by atoms with Crippen molar-refractivity contribution in [2.45, 2.75) is 12.6 Å². The molecule has 0 spiro atoms. The predicted molar refractivity (Wildman–Crippen MR) is 90.6 cm³/mol. The number of halogens is 1. The van der Waals surface area contributed by atoms with Gasteiger partial charge < -0.3 is 5.32 Å². The van der Waals surface area contributed by atoms with Crippen LogP contribution in [0.1, 0.15) is 17.2 Å². The molecule has 6 nitrogen and oxygen atoms in total. The molecular weight excluding hydrogens is 316 g/mol. The molecule has 1 aliphatic heterocycles. The molecule has 3 rings (SSSR count). The van der Waals surface area contributed by atoms with Crippen LogP contribution in [0.3, 0.4) is 0 Å². The van der Waals surface area contributed by atoms with E-state index in [1.54, 1.807) is 18.3 Å². The summed E-state index contributed by atoms with van der Waals surface area (Å²) < 4.78 is 0. The molecule has 0 radical (unpaired) electrons. The first-order valence-electron chi connectivity index (χ1n) is 7.32. The van der Waals surface area contributed by atoms with Gasteiger partial charge in [0.15, 0.2) is 0 Å². The molecule has 2 heterocycles. The summed E-state index contributed by atoms with van der Waals surface area (Å²) in [7, 11) is 0. The van der Waals surface area contributed by atoms with Crippen molar-refractivity contribution in [3.8, 4) is 0 Å². The van der Waals surface area contributed by atoms with E-state index in [1.165, 1.54) is 5.56 Å². The number of hydrogen-bond donors (Lipinski definition) is 1. The molecule has 0 bridgehead atoms. The van der Waals surface area contributed by atoms with E-state index in [9.17, 15) is 10.1 Å². The highest BCUT2D eigenvalue weighted by molar-refractivity contribution is 5.85. The van der Waals surface area contributed by atoms with Gasteiger partial charge in [0, 0.05) is 56.7 Å². The lowest BCUT2D eigenvalue weighted by atomic mass is 10.0. The number of nitro benzene ring substituents is 1. The summed E-state index contributed by atoms with van der Waals surface area (Å²) in [4.78, 5) is 16.9. The van der Waals surface area contributed by atoms with E-state index in [-0.39, 0.29) is 29.1 Å². The summed E-state index contributed by atoms with van der Waals surface area (Å²) in [6.45, 7) is 3.55. The van der Waals surface area contributed by atoms with Crippen molar-refractivity contribution >= 4 is 18.1 Å². The van der Waals surface area contributed by atoms with Crippen molar-refractivity contribution in [2.24, 2.45) is 0 Å². The number of nitrogens with zero attached hydrogens (tertiary/aromatic N) is 3. The highest BCUT2D eigenvalue weighted by Gasteiger charge is 2.23. The lowest BCUT2D eigenvalue weighted by Gasteiger charge is -2.36. The van der Waals surface area contributed by atoms with Crippen LogP contribution in [-0.4, -0.2) is 34.4 Å². The van der Waals surface area contributed by atoms with Crippen LogP contribution in [0.5, 0.6) is 0 Å². The fourth-order valence-electron chi connectivity index (χ4n) is 2.79. The van der Waals surface area contributed by atoms with Gasteiger partial charge in [-0.3, -0.25) is 20.0 Å². The maximum atomic E-state index is 10.7. The van der Waals surface area contributed by atoms with E-state index < -0.39 is 0 Å². The van der Waals surface area contributed by atoms with Gasteiger partial charge in [-0.05, 0) is 17.2 Å². The van der Waals surface area contributed by atoms with Gasteiger partial charge in [-0.2, -0.15) is 0 Å². The number of pyridine rings is 1. The number of aromatic nitrogens is 1. The molecule has 1 N–H and O–H groups in total. The molecule has 0 aliphatic carbocycles. The summed E-state index contributed by atoms with van der Waals surface area (Å²) in [5.41, 5.74) is 2.41. The highest BCUT2D eigenvalue weighted by atomic mass is 35.5. The molecule has 1 atom stereocenters. The minimum absolute atomic E-state index is 0. The standard InChI is InChI=1S/C16H18N4O2.ClH/c21-20(22)15-5-3-13(4-6-15)12-19-9-8-18-11-16(19)14-2-1-7-17-10-14;/h1-7,10,16,18H,8-9,11-12H2;1H. The zero-order chi connectivity index (χ0) is 15.4. The zero-order valence-corrected chi connectivity index (χ0v) is 13.4. The molecule has 1 unspecified atom stereocenters. The first kappa shape index (κ1) is 17.3. The Balaban J connectivity index is 0.00000192. The van der Waals surface area contributed by atoms with Crippen LogP contribution in [0.4, 0.5) is 5.69 Å². The molecule has 1 aromatic carbocycles. The third-order valence-electron chi connectivity index (χ3n) is 3.96. The summed E-state index contributed by atoms with van der Waals surface area (Å²) in [6.07, 6.45) is 3.68. The smallest absolute Gasteiger partial charge is 0.269 e. The van der Waals surface area contributed by atoms with E-state index in [2.05, 4.69) is 21.3 Å². The van der Waals surface area contributed by atoms with Gasteiger partial charge in [-0.1, -0.05) is 18.2 Å². The average molecular weight is 335 g/mol. The molecule has 23 heavy (non-hydrogen) atoms. The van der Waals surface area contributed by atoms with E-state index in [4.69, 9.17) is 0 Å². The number of non-ortho nitro benzene ring substituents is 1. The van der Waals surface area contributed by atoms with Gasteiger partial charge in [0.25, 0.3) is 5.69 Å². The minimum atomic E-state index is -0.368. The first-order valence-corrected chi connectivity index (χ1v) is 7.32. The fraction of sp³-hybridized carbons (Fsp3) is 0.312. The molecule has 0 amide bonds. The third kappa shape index (κ3) is 4.25. The van der Waals surface area contributed by atoms with Crippen LogP contribution < -0.4 is 5.32 Å². The Hall–Kier alpha value is -2.02. The predicted octanol–water partition coefficient (Wildman–Crippen LogP) is 2.56. The quantitative estimate of drug-likeness (QED) is 0.687.